The van der Waals surface area contributed by atoms with Crippen molar-refractivity contribution in [2.24, 2.45) is 5.92 Å². The smallest absolute Gasteiger partial charge is 0.290 e. The second-order valence-corrected chi connectivity index (χ2v) is 9.61. The number of hydrogen-bond acceptors (Lipinski definition) is 7. The van der Waals surface area contributed by atoms with Crippen molar-refractivity contribution in [3.05, 3.63) is 60.6 Å². The van der Waals surface area contributed by atoms with E-state index in [1.54, 1.807) is 24.1 Å². The predicted octanol–water partition coefficient (Wildman–Crippen LogP) is 3.97. The molecule has 0 N–H and O–H groups in total. The molecule has 1 aliphatic rings. The maximum Gasteiger partial charge on any atom is 0.290 e. The Morgan fingerprint density at radius 1 is 1.03 bits per heavy atom. The van der Waals surface area contributed by atoms with E-state index in [-0.39, 0.29) is 24.1 Å². The summed E-state index contributed by atoms with van der Waals surface area (Å²) in [6, 6.07) is 15.0. The van der Waals surface area contributed by atoms with E-state index < -0.39 is 0 Å². The van der Waals surface area contributed by atoms with E-state index in [0.29, 0.717) is 32.1 Å². The summed E-state index contributed by atoms with van der Waals surface area (Å²) >= 11 is 0. The van der Waals surface area contributed by atoms with Crippen molar-refractivity contribution in [2.45, 2.75) is 26.7 Å². The second kappa shape index (κ2) is 12.4. The molecule has 1 aliphatic heterocycles. The first-order chi connectivity index (χ1) is 17.9. The standard InChI is InChI=1S/C28H35N5O4/c1-21(2)13-16-33(28(35)25-6-4-19-37-25)20-27(34)32-15-5-14-31(17-18-32)26-12-11-24(29-30-26)22-7-9-23(36-3)10-8-22/h4,6-12,19,21H,5,13-18,20H2,1-3H3. The van der Waals surface area contributed by atoms with Gasteiger partial charge in [-0.3, -0.25) is 9.59 Å². The van der Waals surface area contributed by atoms with Crippen LogP contribution in [0.5, 0.6) is 5.75 Å². The molecule has 3 aromatic rings. The molecule has 196 valence electrons. The molecule has 3 heterocycles. The largest absolute Gasteiger partial charge is 0.497 e. The molecule has 2 aromatic heterocycles. The molecule has 0 saturated carbocycles. The fourth-order valence-electron chi connectivity index (χ4n) is 4.29. The Balaban J connectivity index is 1.36. The lowest BCUT2D eigenvalue weighted by Gasteiger charge is -2.27. The van der Waals surface area contributed by atoms with Crippen molar-refractivity contribution >= 4 is 17.6 Å². The third-order valence-corrected chi connectivity index (χ3v) is 6.53. The Bertz CT molecular complexity index is 1150. The average molecular weight is 506 g/mol. The SMILES string of the molecule is COc1ccc(-c2ccc(N3CCCN(C(=O)CN(CCC(C)C)C(=O)c4ccco4)CC3)nn2)cc1. The summed E-state index contributed by atoms with van der Waals surface area (Å²) in [7, 11) is 1.64. The van der Waals surface area contributed by atoms with E-state index in [2.05, 4.69) is 28.9 Å². The number of amides is 2. The maximum atomic E-state index is 13.2. The molecular formula is C28H35N5O4. The van der Waals surface area contributed by atoms with E-state index in [1.807, 2.05) is 41.3 Å². The predicted molar refractivity (Wildman–Crippen MR) is 141 cm³/mol. The topological polar surface area (TPSA) is 92.0 Å². The summed E-state index contributed by atoms with van der Waals surface area (Å²) in [5.41, 5.74) is 1.76. The van der Waals surface area contributed by atoms with Crippen LogP contribution in [0.3, 0.4) is 0 Å². The number of furan rings is 1. The third-order valence-electron chi connectivity index (χ3n) is 6.53. The lowest BCUT2D eigenvalue weighted by Crippen LogP contribution is -2.44. The van der Waals surface area contributed by atoms with Gasteiger partial charge in [0.15, 0.2) is 11.6 Å². The van der Waals surface area contributed by atoms with Gasteiger partial charge in [-0.1, -0.05) is 13.8 Å². The van der Waals surface area contributed by atoms with Gasteiger partial charge in [0.05, 0.1) is 19.1 Å². The van der Waals surface area contributed by atoms with Gasteiger partial charge in [0.2, 0.25) is 5.91 Å². The van der Waals surface area contributed by atoms with Crippen LogP contribution in [0.15, 0.2) is 59.2 Å². The van der Waals surface area contributed by atoms with Crippen LogP contribution in [0.25, 0.3) is 11.3 Å². The molecule has 0 unspecified atom stereocenters. The molecule has 0 atom stereocenters. The first-order valence-electron chi connectivity index (χ1n) is 12.8. The van der Waals surface area contributed by atoms with E-state index >= 15 is 0 Å². The van der Waals surface area contributed by atoms with Gasteiger partial charge in [0.25, 0.3) is 5.91 Å². The number of carbonyl (C=O) groups is 2. The summed E-state index contributed by atoms with van der Waals surface area (Å²) in [4.78, 5) is 31.8. The zero-order valence-corrected chi connectivity index (χ0v) is 21.8. The monoisotopic (exact) mass is 505 g/mol. The minimum Gasteiger partial charge on any atom is -0.497 e. The van der Waals surface area contributed by atoms with E-state index in [1.165, 1.54) is 6.26 Å². The molecule has 0 bridgehead atoms. The molecule has 9 nitrogen and oxygen atoms in total. The maximum absolute atomic E-state index is 13.2. The summed E-state index contributed by atoms with van der Waals surface area (Å²) < 4.78 is 10.5. The number of rotatable bonds is 9. The normalized spacial score (nSPS) is 13.9. The molecule has 4 rings (SSSR count). The minimum atomic E-state index is -0.248. The van der Waals surface area contributed by atoms with Gasteiger partial charge >= 0.3 is 0 Å². The van der Waals surface area contributed by atoms with Crippen molar-refractivity contribution in [1.82, 2.24) is 20.0 Å². The number of anilines is 1. The molecule has 2 amide bonds. The van der Waals surface area contributed by atoms with Crippen LogP contribution in [0.4, 0.5) is 5.82 Å². The molecule has 9 heteroatoms. The molecule has 37 heavy (non-hydrogen) atoms. The van der Waals surface area contributed by atoms with Gasteiger partial charge in [-0.2, -0.15) is 0 Å². The van der Waals surface area contributed by atoms with Gasteiger partial charge < -0.3 is 23.9 Å². The van der Waals surface area contributed by atoms with E-state index in [9.17, 15) is 9.59 Å². The second-order valence-electron chi connectivity index (χ2n) is 9.61. The van der Waals surface area contributed by atoms with E-state index in [4.69, 9.17) is 9.15 Å². The van der Waals surface area contributed by atoms with Crippen molar-refractivity contribution in [1.29, 1.82) is 0 Å². The Labute approximate surface area is 218 Å². The van der Waals surface area contributed by atoms with Gasteiger partial charge in [0, 0.05) is 38.3 Å². The highest BCUT2D eigenvalue weighted by molar-refractivity contribution is 5.94. The quantitative estimate of drug-likeness (QED) is 0.434. The van der Waals surface area contributed by atoms with Crippen LogP contribution >= 0.6 is 0 Å². The third kappa shape index (κ3) is 6.87. The Morgan fingerprint density at radius 2 is 1.84 bits per heavy atom. The van der Waals surface area contributed by atoms with Crippen molar-refractivity contribution in [3.63, 3.8) is 0 Å². The number of nitrogens with zero attached hydrogens (tertiary/aromatic N) is 5. The van der Waals surface area contributed by atoms with Crippen LogP contribution in [0, 0.1) is 5.92 Å². The highest BCUT2D eigenvalue weighted by atomic mass is 16.5. The molecule has 0 spiro atoms. The summed E-state index contributed by atoms with van der Waals surface area (Å²) in [5.74, 6) is 1.97. The van der Waals surface area contributed by atoms with Gasteiger partial charge in [-0.25, -0.2) is 0 Å². The lowest BCUT2D eigenvalue weighted by molar-refractivity contribution is -0.131. The first-order valence-corrected chi connectivity index (χ1v) is 12.8. The van der Waals surface area contributed by atoms with Crippen LogP contribution in [-0.2, 0) is 4.79 Å². The zero-order chi connectivity index (χ0) is 26.2. The molecule has 1 saturated heterocycles. The van der Waals surface area contributed by atoms with Crippen LogP contribution in [0.1, 0.15) is 37.2 Å². The summed E-state index contributed by atoms with van der Waals surface area (Å²) in [6.07, 6.45) is 3.11. The fraction of sp³-hybridized carbons (Fsp3) is 0.429. The Hall–Kier alpha value is -3.88. The van der Waals surface area contributed by atoms with Crippen LogP contribution < -0.4 is 9.64 Å². The van der Waals surface area contributed by atoms with Gasteiger partial charge in [0.1, 0.15) is 12.3 Å². The molecular weight excluding hydrogens is 470 g/mol. The average Bonchev–Trinajstić information content (AvgIpc) is 3.35. The molecule has 1 aromatic carbocycles. The van der Waals surface area contributed by atoms with Gasteiger partial charge in [-0.05, 0) is 67.3 Å². The Kier molecular flexibility index (Phi) is 8.77. The van der Waals surface area contributed by atoms with Crippen LogP contribution in [0.2, 0.25) is 0 Å². The Morgan fingerprint density at radius 3 is 2.49 bits per heavy atom. The summed E-state index contributed by atoms with van der Waals surface area (Å²) in [5, 5.41) is 8.87. The van der Waals surface area contributed by atoms with Gasteiger partial charge in [-0.15, -0.1) is 10.2 Å². The number of carbonyl (C=O) groups excluding carboxylic acids is 2. The highest BCUT2D eigenvalue weighted by Crippen LogP contribution is 2.22. The van der Waals surface area contributed by atoms with E-state index in [0.717, 1.165) is 42.2 Å². The van der Waals surface area contributed by atoms with Crippen molar-refractivity contribution in [3.8, 4) is 17.0 Å². The number of benzene rings is 1. The molecule has 0 radical (unpaired) electrons. The number of aromatic nitrogens is 2. The lowest BCUT2D eigenvalue weighted by atomic mass is 10.1. The van der Waals surface area contributed by atoms with Crippen molar-refractivity contribution in [2.75, 3.05) is 51.3 Å². The molecule has 1 fully saturated rings. The zero-order valence-electron chi connectivity index (χ0n) is 21.8. The molecule has 0 aliphatic carbocycles. The minimum absolute atomic E-state index is 0.0443. The number of hydrogen-bond donors (Lipinski definition) is 0. The fourth-order valence-corrected chi connectivity index (χ4v) is 4.29. The number of ether oxygens (including phenoxy) is 1. The van der Waals surface area contributed by atoms with Crippen LogP contribution in [-0.4, -0.2) is 78.2 Å². The summed E-state index contributed by atoms with van der Waals surface area (Å²) in [6.45, 7) is 7.40. The van der Waals surface area contributed by atoms with Crippen molar-refractivity contribution < 1.29 is 18.7 Å². The first kappa shape index (κ1) is 26.2. The number of methoxy groups -OCH3 is 1. The highest BCUT2D eigenvalue weighted by Gasteiger charge is 2.26.